The summed E-state index contributed by atoms with van der Waals surface area (Å²) >= 11 is 5.95. The number of nitrogens with zero attached hydrogens (tertiary/aromatic N) is 1. The molecule has 178 valence electrons. The molecule has 0 saturated heterocycles. The third-order valence-corrected chi connectivity index (χ3v) is 8.02. The molecule has 0 radical (unpaired) electrons. The van der Waals surface area contributed by atoms with Crippen molar-refractivity contribution in [2.45, 2.75) is 37.1 Å². The Morgan fingerprint density at radius 2 is 1.88 bits per heavy atom. The molecule has 3 aromatic rings. The Morgan fingerprint density at radius 1 is 1.12 bits per heavy atom. The van der Waals surface area contributed by atoms with E-state index in [0.29, 0.717) is 10.7 Å². The molecule has 0 heterocycles. The van der Waals surface area contributed by atoms with Crippen molar-refractivity contribution in [1.29, 1.82) is 0 Å². The topological polar surface area (TPSA) is 75.7 Å². The van der Waals surface area contributed by atoms with Crippen LogP contribution in [0.3, 0.4) is 0 Å². The first-order chi connectivity index (χ1) is 16.3. The average molecular weight is 499 g/mol. The van der Waals surface area contributed by atoms with Gasteiger partial charge in [0.2, 0.25) is 5.91 Å². The number of carbonyl (C=O) groups excluding carboxylic acids is 1. The third kappa shape index (κ3) is 5.21. The standard InChI is InChI=1S/C26H27ClN2O4S/c1-18-5-3-7-21(15-18)29(34(31,32)23-12-9-20(27)10-13-23)17-26(30)28-25-8-4-6-19-16-22(33-2)11-14-24(19)25/h3,5,7,9-16,25H,4,6,8,17H2,1-2H3,(H,28,30). The van der Waals surface area contributed by atoms with Gasteiger partial charge in [0.15, 0.2) is 0 Å². The lowest BCUT2D eigenvalue weighted by Crippen LogP contribution is -2.42. The van der Waals surface area contributed by atoms with Crippen LogP contribution in [0.1, 0.15) is 35.6 Å². The zero-order valence-electron chi connectivity index (χ0n) is 19.1. The van der Waals surface area contributed by atoms with E-state index in [9.17, 15) is 13.2 Å². The van der Waals surface area contributed by atoms with Crippen LogP contribution in [0.15, 0.2) is 71.6 Å². The molecule has 1 atom stereocenters. The van der Waals surface area contributed by atoms with Gasteiger partial charge in [0.25, 0.3) is 10.0 Å². The van der Waals surface area contributed by atoms with Crippen molar-refractivity contribution in [3.63, 3.8) is 0 Å². The Labute approximate surface area is 205 Å². The quantitative estimate of drug-likeness (QED) is 0.494. The Bertz CT molecular complexity index is 1290. The molecule has 4 rings (SSSR count). The fraction of sp³-hybridized carbons (Fsp3) is 0.269. The van der Waals surface area contributed by atoms with Gasteiger partial charge in [0.1, 0.15) is 12.3 Å². The minimum absolute atomic E-state index is 0.0707. The maximum Gasteiger partial charge on any atom is 0.264 e. The molecule has 8 heteroatoms. The van der Waals surface area contributed by atoms with Crippen LogP contribution in [0.2, 0.25) is 5.02 Å². The van der Waals surface area contributed by atoms with Crippen molar-refractivity contribution in [1.82, 2.24) is 5.32 Å². The lowest BCUT2D eigenvalue weighted by Gasteiger charge is -2.29. The second-order valence-electron chi connectivity index (χ2n) is 8.38. The first kappa shape index (κ1) is 24.1. The number of nitrogens with one attached hydrogen (secondary N) is 1. The summed E-state index contributed by atoms with van der Waals surface area (Å²) in [6.45, 7) is 1.54. The summed E-state index contributed by atoms with van der Waals surface area (Å²) in [4.78, 5) is 13.3. The van der Waals surface area contributed by atoms with E-state index in [1.165, 1.54) is 24.3 Å². The van der Waals surface area contributed by atoms with Crippen molar-refractivity contribution in [3.8, 4) is 5.75 Å². The fourth-order valence-corrected chi connectivity index (χ4v) is 5.81. The molecule has 1 amide bonds. The molecule has 0 bridgehead atoms. The van der Waals surface area contributed by atoms with Gasteiger partial charge in [-0.25, -0.2) is 8.42 Å². The van der Waals surface area contributed by atoms with Crippen molar-refractivity contribution in [3.05, 3.63) is 88.4 Å². The Hall–Kier alpha value is -3.03. The summed E-state index contributed by atoms with van der Waals surface area (Å²) in [7, 11) is -2.37. The highest BCUT2D eigenvalue weighted by molar-refractivity contribution is 7.92. The van der Waals surface area contributed by atoms with Gasteiger partial charge in [0, 0.05) is 5.02 Å². The van der Waals surface area contributed by atoms with E-state index >= 15 is 0 Å². The molecule has 34 heavy (non-hydrogen) atoms. The number of ether oxygens (including phenoxy) is 1. The van der Waals surface area contributed by atoms with E-state index in [4.69, 9.17) is 16.3 Å². The Balaban J connectivity index is 1.61. The van der Waals surface area contributed by atoms with E-state index in [2.05, 4.69) is 5.32 Å². The van der Waals surface area contributed by atoms with Crippen molar-refractivity contribution >= 4 is 33.2 Å². The number of hydrogen-bond donors (Lipinski definition) is 1. The van der Waals surface area contributed by atoms with Crippen LogP contribution in [0.5, 0.6) is 5.75 Å². The molecule has 3 aromatic carbocycles. The molecule has 0 spiro atoms. The SMILES string of the molecule is COc1ccc2c(c1)CCCC2NC(=O)CN(c1cccc(C)c1)S(=O)(=O)c1ccc(Cl)cc1. The molecule has 1 N–H and O–H groups in total. The van der Waals surface area contributed by atoms with E-state index in [0.717, 1.165) is 46.0 Å². The molecule has 0 aliphatic heterocycles. The minimum atomic E-state index is -4.00. The number of sulfonamides is 1. The lowest BCUT2D eigenvalue weighted by atomic mass is 9.87. The molecule has 0 fully saturated rings. The monoisotopic (exact) mass is 498 g/mol. The molecule has 1 aliphatic carbocycles. The number of fused-ring (bicyclic) bond motifs is 1. The van der Waals surface area contributed by atoms with Gasteiger partial charge in [-0.2, -0.15) is 0 Å². The van der Waals surface area contributed by atoms with Crippen LogP contribution in [0.4, 0.5) is 5.69 Å². The van der Waals surface area contributed by atoms with Gasteiger partial charge < -0.3 is 10.1 Å². The summed E-state index contributed by atoms with van der Waals surface area (Å²) in [5.41, 5.74) is 3.51. The molecule has 1 unspecified atom stereocenters. The predicted octanol–water partition coefficient (Wildman–Crippen LogP) is 5.05. The second-order valence-corrected chi connectivity index (χ2v) is 10.7. The summed E-state index contributed by atoms with van der Waals surface area (Å²) in [5.74, 6) is 0.415. The van der Waals surface area contributed by atoms with Crippen LogP contribution in [0.25, 0.3) is 0 Å². The fourth-order valence-electron chi connectivity index (χ4n) is 4.27. The highest BCUT2D eigenvalue weighted by atomic mass is 35.5. The van der Waals surface area contributed by atoms with Gasteiger partial charge in [-0.15, -0.1) is 0 Å². The number of rotatable bonds is 7. The van der Waals surface area contributed by atoms with Gasteiger partial charge >= 0.3 is 0 Å². The van der Waals surface area contributed by atoms with Crippen LogP contribution >= 0.6 is 11.6 Å². The molecule has 0 aromatic heterocycles. The van der Waals surface area contributed by atoms with Crippen LogP contribution in [0, 0.1) is 6.92 Å². The van der Waals surface area contributed by atoms with Crippen LogP contribution < -0.4 is 14.4 Å². The smallest absolute Gasteiger partial charge is 0.264 e. The van der Waals surface area contributed by atoms with Gasteiger partial charge in [-0.1, -0.05) is 29.8 Å². The number of amides is 1. The average Bonchev–Trinajstić information content (AvgIpc) is 2.82. The number of halogens is 1. The first-order valence-electron chi connectivity index (χ1n) is 11.1. The van der Waals surface area contributed by atoms with Gasteiger partial charge in [0.05, 0.1) is 23.7 Å². The van der Waals surface area contributed by atoms with Crippen molar-refractivity contribution in [2.75, 3.05) is 18.0 Å². The maximum absolute atomic E-state index is 13.5. The highest BCUT2D eigenvalue weighted by Crippen LogP contribution is 2.32. The minimum Gasteiger partial charge on any atom is -0.497 e. The number of hydrogen-bond acceptors (Lipinski definition) is 4. The van der Waals surface area contributed by atoms with Gasteiger partial charge in [-0.3, -0.25) is 9.10 Å². The molecular weight excluding hydrogens is 472 g/mol. The van der Waals surface area contributed by atoms with Crippen LogP contribution in [-0.2, 0) is 21.2 Å². The van der Waals surface area contributed by atoms with Gasteiger partial charge in [-0.05, 0) is 91.4 Å². The number of benzene rings is 3. The molecule has 6 nitrogen and oxygen atoms in total. The summed E-state index contributed by atoms with van der Waals surface area (Å²) < 4.78 is 33.6. The zero-order chi connectivity index (χ0) is 24.3. The third-order valence-electron chi connectivity index (χ3n) is 5.98. The Kier molecular flexibility index (Phi) is 7.14. The van der Waals surface area contributed by atoms with E-state index in [1.807, 2.05) is 31.2 Å². The first-order valence-corrected chi connectivity index (χ1v) is 12.9. The Morgan fingerprint density at radius 3 is 2.59 bits per heavy atom. The normalized spacial score (nSPS) is 15.3. The van der Waals surface area contributed by atoms with E-state index < -0.39 is 10.0 Å². The summed E-state index contributed by atoms with van der Waals surface area (Å²) in [5, 5.41) is 3.49. The number of anilines is 1. The van der Waals surface area contributed by atoms with Crippen LogP contribution in [-0.4, -0.2) is 28.0 Å². The summed E-state index contributed by atoms with van der Waals surface area (Å²) in [6.07, 6.45) is 2.63. The molecular formula is C26H27ClN2O4S. The number of methoxy groups -OCH3 is 1. The number of aryl methyl sites for hydroxylation is 2. The molecule has 0 saturated carbocycles. The maximum atomic E-state index is 13.5. The van der Waals surface area contributed by atoms with Crippen molar-refractivity contribution < 1.29 is 17.9 Å². The lowest BCUT2D eigenvalue weighted by molar-refractivity contribution is -0.120. The van der Waals surface area contributed by atoms with Crippen molar-refractivity contribution in [2.24, 2.45) is 0 Å². The second kappa shape index (κ2) is 10.1. The predicted molar refractivity (Wildman–Crippen MR) is 134 cm³/mol. The molecule has 1 aliphatic rings. The van der Waals surface area contributed by atoms with E-state index in [1.54, 1.807) is 25.3 Å². The largest absolute Gasteiger partial charge is 0.497 e. The highest BCUT2D eigenvalue weighted by Gasteiger charge is 2.29. The zero-order valence-corrected chi connectivity index (χ0v) is 20.7. The number of carbonyl (C=O) groups is 1. The van der Waals surface area contributed by atoms with E-state index in [-0.39, 0.29) is 23.4 Å². The summed E-state index contributed by atoms with van der Waals surface area (Å²) in [6, 6.07) is 18.7.